The maximum absolute atomic E-state index is 11.8. The SMILES string of the molecule is CCCNCC(C)S(=O)(=O)NCc1ccoc1. The summed E-state index contributed by atoms with van der Waals surface area (Å²) in [4.78, 5) is 0. The van der Waals surface area contributed by atoms with Crippen LogP contribution in [0.25, 0.3) is 0 Å². The maximum atomic E-state index is 11.8. The van der Waals surface area contributed by atoms with E-state index in [-0.39, 0.29) is 6.54 Å². The Morgan fingerprint density at radius 3 is 2.82 bits per heavy atom. The van der Waals surface area contributed by atoms with E-state index in [1.165, 1.54) is 12.5 Å². The zero-order valence-electron chi connectivity index (χ0n) is 10.3. The predicted octanol–water partition coefficient (Wildman–Crippen LogP) is 1.09. The van der Waals surface area contributed by atoms with E-state index in [0.29, 0.717) is 6.54 Å². The molecule has 1 aromatic heterocycles. The van der Waals surface area contributed by atoms with E-state index in [0.717, 1.165) is 18.5 Å². The van der Waals surface area contributed by atoms with Crippen LogP contribution >= 0.6 is 0 Å². The standard InChI is InChI=1S/C11H20N2O3S/c1-3-5-12-7-10(2)17(14,15)13-8-11-4-6-16-9-11/h4,6,9-10,12-13H,3,5,7-8H2,1-2H3. The minimum atomic E-state index is -3.27. The number of sulfonamides is 1. The first-order valence-electron chi connectivity index (χ1n) is 5.76. The number of hydrogen-bond donors (Lipinski definition) is 2. The van der Waals surface area contributed by atoms with Crippen LogP contribution in [0.1, 0.15) is 25.8 Å². The second kappa shape index (κ2) is 6.78. The Balaban J connectivity index is 2.39. The van der Waals surface area contributed by atoms with Crippen LogP contribution < -0.4 is 10.0 Å². The molecule has 0 radical (unpaired) electrons. The molecule has 17 heavy (non-hydrogen) atoms. The van der Waals surface area contributed by atoms with Crippen molar-refractivity contribution in [1.29, 1.82) is 0 Å². The number of nitrogens with one attached hydrogen (secondary N) is 2. The van der Waals surface area contributed by atoms with Crippen molar-refractivity contribution >= 4 is 10.0 Å². The third-order valence-corrected chi connectivity index (χ3v) is 4.22. The van der Waals surface area contributed by atoms with Crippen LogP contribution in [0.5, 0.6) is 0 Å². The van der Waals surface area contributed by atoms with E-state index in [4.69, 9.17) is 4.42 Å². The van der Waals surface area contributed by atoms with Crippen molar-refractivity contribution in [2.24, 2.45) is 0 Å². The molecule has 1 rings (SSSR count). The monoisotopic (exact) mass is 260 g/mol. The highest BCUT2D eigenvalue weighted by molar-refractivity contribution is 7.90. The molecule has 2 N–H and O–H groups in total. The van der Waals surface area contributed by atoms with E-state index < -0.39 is 15.3 Å². The van der Waals surface area contributed by atoms with Gasteiger partial charge in [0.2, 0.25) is 10.0 Å². The molecule has 5 nitrogen and oxygen atoms in total. The van der Waals surface area contributed by atoms with Gasteiger partial charge in [-0.2, -0.15) is 0 Å². The minimum absolute atomic E-state index is 0.275. The van der Waals surface area contributed by atoms with Crippen molar-refractivity contribution in [3.05, 3.63) is 24.2 Å². The summed E-state index contributed by atoms with van der Waals surface area (Å²) in [5.41, 5.74) is 0.822. The lowest BCUT2D eigenvalue weighted by Gasteiger charge is -2.14. The lowest BCUT2D eigenvalue weighted by Crippen LogP contribution is -2.38. The first-order valence-corrected chi connectivity index (χ1v) is 7.31. The quantitative estimate of drug-likeness (QED) is 0.686. The molecule has 1 heterocycles. The Labute approximate surface area is 103 Å². The lowest BCUT2D eigenvalue weighted by molar-refractivity contribution is 0.552. The summed E-state index contributed by atoms with van der Waals surface area (Å²) in [6, 6.07) is 1.74. The van der Waals surface area contributed by atoms with Gasteiger partial charge in [0.05, 0.1) is 17.8 Å². The number of rotatable bonds is 8. The second-order valence-electron chi connectivity index (χ2n) is 4.01. The van der Waals surface area contributed by atoms with Crippen LogP contribution in [0.3, 0.4) is 0 Å². The summed E-state index contributed by atoms with van der Waals surface area (Å²) in [5.74, 6) is 0. The van der Waals surface area contributed by atoms with Crippen molar-refractivity contribution < 1.29 is 12.8 Å². The van der Waals surface area contributed by atoms with Gasteiger partial charge in [0.15, 0.2) is 0 Å². The zero-order valence-corrected chi connectivity index (χ0v) is 11.1. The predicted molar refractivity (Wildman–Crippen MR) is 67.1 cm³/mol. The highest BCUT2D eigenvalue weighted by Gasteiger charge is 2.19. The Hall–Kier alpha value is -0.850. The van der Waals surface area contributed by atoms with Gasteiger partial charge in [-0.15, -0.1) is 0 Å². The normalized spacial score (nSPS) is 13.8. The van der Waals surface area contributed by atoms with Gasteiger partial charge >= 0.3 is 0 Å². The molecule has 98 valence electrons. The van der Waals surface area contributed by atoms with E-state index in [1.54, 1.807) is 13.0 Å². The summed E-state index contributed by atoms with van der Waals surface area (Å²) in [7, 11) is -3.27. The molecule has 0 amide bonds. The molecular formula is C11H20N2O3S. The lowest BCUT2D eigenvalue weighted by atomic mass is 10.4. The van der Waals surface area contributed by atoms with Gasteiger partial charge in [0.1, 0.15) is 0 Å². The minimum Gasteiger partial charge on any atom is -0.472 e. The summed E-state index contributed by atoms with van der Waals surface area (Å²) < 4.78 is 31.1. The highest BCUT2D eigenvalue weighted by atomic mass is 32.2. The first-order chi connectivity index (χ1) is 8.06. The molecule has 1 unspecified atom stereocenters. The Bertz CT molecular complexity index is 400. The third-order valence-electron chi connectivity index (χ3n) is 2.45. The fourth-order valence-corrected chi connectivity index (χ4v) is 2.30. The van der Waals surface area contributed by atoms with Crippen LogP contribution in [-0.4, -0.2) is 26.8 Å². The van der Waals surface area contributed by atoms with Crippen LogP contribution in [-0.2, 0) is 16.6 Å². The highest BCUT2D eigenvalue weighted by Crippen LogP contribution is 2.02. The van der Waals surface area contributed by atoms with Gasteiger partial charge in [-0.1, -0.05) is 6.92 Å². The molecule has 0 aromatic carbocycles. The second-order valence-corrected chi connectivity index (χ2v) is 6.20. The van der Waals surface area contributed by atoms with E-state index >= 15 is 0 Å². The largest absolute Gasteiger partial charge is 0.472 e. The Morgan fingerprint density at radius 1 is 1.47 bits per heavy atom. The molecular weight excluding hydrogens is 240 g/mol. The zero-order chi connectivity index (χ0) is 12.7. The molecule has 0 saturated carbocycles. The van der Waals surface area contributed by atoms with Crippen LogP contribution in [0.4, 0.5) is 0 Å². The molecule has 6 heteroatoms. The van der Waals surface area contributed by atoms with Gasteiger partial charge in [-0.05, 0) is 26.0 Å². The number of hydrogen-bond acceptors (Lipinski definition) is 4. The summed E-state index contributed by atoms with van der Waals surface area (Å²) in [5, 5.41) is 2.65. The fraction of sp³-hybridized carbons (Fsp3) is 0.636. The molecule has 1 aromatic rings. The van der Waals surface area contributed by atoms with Crippen molar-refractivity contribution in [2.75, 3.05) is 13.1 Å². The average Bonchev–Trinajstić information content (AvgIpc) is 2.79. The summed E-state index contributed by atoms with van der Waals surface area (Å²) in [6.07, 6.45) is 4.05. The Morgan fingerprint density at radius 2 is 2.24 bits per heavy atom. The molecule has 0 aliphatic heterocycles. The maximum Gasteiger partial charge on any atom is 0.215 e. The smallest absolute Gasteiger partial charge is 0.215 e. The molecule has 0 spiro atoms. The van der Waals surface area contributed by atoms with Crippen LogP contribution in [0.2, 0.25) is 0 Å². The van der Waals surface area contributed by atoms with Gasteiger partial charge in [-0.3, -0.25) is 0 Å². The Kier molecular flexibility index (Phi) is 5.67. The van der Waals surface area contributed by atoms with E-state index in [2.05, 4.69) is 10.0 Å². The third kappa shape index (κ3) is 4.89. The van der Waals surface area contributed by atoms with Crippen molar-refractivity contribution in [2.45, 2.75) is 32.1 Å². The van der Waals surface area contributed by atoms with Gasteiger partial charge in [0.25, 0.3) is 0 Å². The first kappa shape index (κ1) is 14.2. The van der Waals surface area contributed by atoms with E-state index in [1.807, 2.05) is 6.92 Å². The molecule has 0 aliphatic carbocycles. The summed E-state index contributed by atoms with van der Waals surface area (Å²) >= 11 is 0. The molecule has 0 bridgehead atoms. The van der Waals surface area contributed by atoms with Gasteiger partial charge in [0, 0.05) is 18.7 Å². The fourth-order valence-electron chi connectivity index (χ4n) is 1.31. The van der Waals surface area contributed by atoms with Crippen LogP contribution in [0, 0.1) is 0 Å². The van der Waals surface area contributed by atoms with Crippen LogP contribution in [0.15, 0.2) is 23.0 Å². The van der Waals surface area contributed by atoms with Crippen molar-refractivity contribution in [1.82, 2.24) is 10.0 Å². The summed E-state index contributed by atoms with van der Waals surface area (Å²) in [6.45, 7) is 5.32. The van der Waals surface area contributed by atoms with Crippen molar-refractivity contribution in [3.8, 4) is 0 Å². The van der Waals surface area contributed by atoms with Crippen molar-refractivity contribution in [3.63, 3.8) is 0 Å². The van der Waals surface area contributed by atoms with Gasteiger partial charge in [-0.25, -0.2) is 13.1 Å². The average molecular weight is 260 g/mol. The molecule has 1 atom stereocenters. The molecule has 0 aliphatic rings. The number of furan rings is 1. The van der Waals surface area contributed by atoms with E-state index in [9.17, 15) is 8.42 Å². The molecule has 0 saturated heterocycles. The topological polar surface area (TPSA) is 71.3 Å². The van der Waals surface area contributed by atoms with Gasteiger partial charge < -0.3 is 9.73 Å². The molecule has 0 fully saturated rings.